The summed E-state index contributed by atoms with van der Waals surface area (Å²) in [5.74, 6) is 1.18. The molecule has 1 fully saturated rings. The molecule has 244 valence electrons. The third kappa shape index (κ3) is 6.10. The Hall–Kier alpha value is -5.04. The van der Waals surface area contributed by atoms with Crippen molar-refractivity contribution in [2.75, 3.05) is 34.9 Å². The van der Waals surface area contributed by atoms with Gasteiger partial charge in [-0.1, -0.05) is 61.5 Å². The van der Waals surface area contributed by atoms with Gasteiger partial charge in [-0.05, 0) is 41.0 Å². The predicted octanol–water partition coefficient (Wildman–Crippen LogP) is 4.26. The van der Waals surface area contributed by atoms with Crippen molar-refractivity contribution in [3.8, 4) is 11.5 Å². The van der Waals surface area contributed by atoms with E-state index in [0.29, 0.717) is 17.1 Å². The summed E-state index contributed by atoms with van der Waals surface area (Å²) < 4.78 is 26.1. The van der Waals surface area contributed by atoms with Gasteiger partial charge in [0.05, 0.1) is 39.6 Å². The van der Waals surface area contributed by atoms with E-state index in [1.807, 2.05) is 99.9 Å². The number of aliphatic hydroxyl groups is 1. The second kappa shape index (κ2) is 13.4. The number of rotatable bonds is 11. The molecule has 1 aliphatic heterocycles. The summed E-state index contributed by atoms with van der Waals surface area (Å²) in [6.07, 6.45) is 0.760. The normalized spacial score (nSPS) is 19.8. The smallest absolute Gasteiger partial charge is 0.280 e. The third-order valence-electron chi connectivity index (χ3n) is 8.43. The van der Waals surface area contributed by atoms with Crippen molar-refractivity contribution in [1.29, 1.82) is 0 Å². The summed E-state index contributed by atoms with van der Waals surface area (Å²) in [6, 6.07) is 25.4. The zero-order valence-electron chi connectivity index (χ0n) is 26.9. The van der Waals surface area contributed by atoms with Gasteiger partial charge in [0, 0.05) is 20.0 Å². The highest BCUT2D eigenvalue weighted by atomic mass is 16.6. The summed E-state index contributed by atoms with van der Waals surface area (Å²) in [5.41, 5.74) is 1.57. The second-order valence-electron chi connectivity index (χ2n) is 11.7. The van der Waals surface area contributed by atoms with Crippen LogP contribution in [0.25, 0.3) is 11.2 Å². The number of ether oxygens (including phenoxy) is 4. The first-order valence-electron chi connectivity index (χ1n) is 15.2. The van der Waals surface area contributed by atoms with Crippen LogP contribution in [0.1, 0.15) is 29.8 Å². The van der Waals surface area contributed by atoms with E-state index in [9.17, 15) is 9.90 Å². The van der Waals surface area contributed by atoms with Crippen molar-refractivity contribution in [3.63, 3.8) is 0 Å². The largest absolute Gasteiger partial charge is 0.497 e. The molecule has 4 atom stereocenters. The van der Waals surface area contributed by atoms with E-state index in [2.05, 4.69) is 19.9 Å². The van der Waals surface area contributed by atoms with Gasteiger partial charge in [0.2, 0.25) is 5.95 Å². The van der Waals surface area contributed by atoms with Crippen LogP contribution in [0.5, 0.6) is 11.5 Å². The summed E-state index contributed by atoms with van der Waals surface area (Å²) >= 11 is 0. The number of aliphatic imine (C=N–C) groups is 1. The number of imidazole rings is 1. The number of benzene rings is 3. The molecule has 3 heterocycles. The van der Waals surface area contributed by atoms with Gasteiger partial charge in [0.25, 0.3) is 5.56 Å². The number of nitrogens with zero attached hydrogens (tertiary/aromatic N) is 5. The van der Waals surface area contributed by atoms with Crippen molar-refractivity contribution in [2.24, 2.45) is 10.9 Å². The number of methoxy groups -OCH3 is 2. The molecule has 6 rings (SSSR count). The Morgan fingerprint density at radius 2 is 1.57 bits per heavy atom. The third-order valence-corrected chi connectivity index (χ3v) is 8.43. The van der Waals surface area contributed by atoms with Crippen LogP contribution < -0.4 is 15.0 Å². The molecule has 0 aliphatic carbocycles. The number of hydrogen-bond donors (Lipinski definition) is 2. The molecular weight excluding hydrogens is 600 g/mol. The minimum Gasteiger partial charge on any atom is -0.497 e. The Bertz CT molecular complexity index is 1840. The number of H-pyrrole nitrogens is 1. The topological polar surface area (TPSA) is 136 Å². The van der Waals surface area contributed by atoms with Gasteiger partial charge < -0.3 is 29.0 Å². The molecule has 2 N–H and O–H groups in total. The van der Waals surface area contributed by atoms with Crippen LogP contribution in [0.4, 0.5) is 5.95 Å². The molecule has 5 aromatic rings. The van der Waals surface area contributed by atoms with Crippen molar-refractivity contribution in [3.05, 3.63) is 112 Å². The number of aromatic nitrogens is 4. The first-order chi connectivity index (χ1) is 22.7. The average molecular weight is 639 g/mol. The SMILES string of the molecule is COc1ccc(C(OC[C@H]2O[C@@H](n3cnc4c(=O)[nH]c(N=CN(C)C)nc43)[C@@H](C)C2O)(c2ccccc2)c2ccc(OC)cc2)cc1. The molecule has 0 saturated carbocycles. The number of nitrogens with one attached hydrogen (secondary N) is 1. The first kappa shape index (κ1) is 31.9. The Labute approximate surface area is 272 Å². The minimum absolute atomic E-state index is 0.0357. The fraction of sp³-hybridized carbons (Fsp3) is 0.314. The van der Waals surface area contributed by atoms with Gasteiger partial charge in [0.15, 0.2) is 11.2 Å². The molecule has 12 heteroatoms. The molecule has 0 spiro atoms. The van der Waals surface area contributed by atoms with Gasteiger partial charge in [-0.2, -0.15) is 4.98 Å². The quantitative estimate of drug-likeness (QED) is 0.124. The lowest BCUT2D eigenvalue weighted by Crippen LogP contribution is -2.38. The molecule has 0 radical (unpaired) electrons. The van der Waals surface area contributed by atoms with Gasteiger partial charge in [-0.3, -0.25) is 14.3 Å². The Balaban J connectivity index is 1.37. The van der Waals surface area contributed by atoms with Crippen LogP contribution in [-0.2, 0) is 15.1 Å². The average Bonchev–Trinajstić information content (AvgIpc) is 3.65. The van der Waals surface area contributed by atoms with Crippen LogP contribution in [0, 0.1) is 5.92 Å². The lowest BCUT2D eigenvalue weighted by Gasteiger charge is -2.37. The number of hydrogen-bond acceptors (Lipinski definition) is 9. The maximum Gasteiger partial charge on any atom is 0.280 e. The van der Waals surface area contributed by atoms with E-state index < -0.39 is 29.6 Å². The molecular formula is C35H38N6O6. The first-order valence-corrected chi connectivity index (χ1v) is 15.2. The summed E-state index contributed by atoms with van der Waals surface area (Å²) in [5, 5.41) is 11.5. The van der Waals surface area contributed by atoms with Crippen LogP contribution in [-0.4, -0.2) is 83.0 Å². The van der Waals surface area contributed by atoms with E-state index in [4.69, 9.17) is 18.9 Å². The highest BCUT2D eigenvalue weighted by Crippen LogP contribution is 2.43. The van der Waals surface area contributed by atoms with E-state index in [0.717, 1.165) is 16.7 Å². The van der Waals surface area contributed by atoms with E-state index in [1.54, 1.807) is 30.0 Å². The van der Waals surface area contributed by atoms with Crippen LogP contribution in [0.15, 0.2) is 95.0 Å². The summed E-state index contributed by atoms with van der Waals surface area (Å²) in [4.78, 5) is 30.3. The van der Waals surface area contributed by atoms with Crippen LogP contribution in [0.3, 0.4) is 0 Å². The second-order valence-corrected chi connectivity index (χ2v) is 11.7. The lowest BCUT2D eigenvalue weighted by atomic mass is 9.80. The van der Waals surface area contributed by atoms with Gasteiger partial charge in [0.1, 0.15) is 29.4 Å². The van der Waals surface area contributed by atoms with Crippen LogP contribution >= 0.6 is 0 Å². The number of aromatic amines is 1. The molecule has 2 aromatic heterocycles. The highest BCUT2D eigenvalue weighted by Gasteiger charge is 2.45. The Kier molecular flexibility index (Phi) is 9.08. The van der Waals surface area contributed by atoms with E-state index in [1.165, 1.54) is 6.33 Å². The zero-order chi connectivity index (χ0) is 33.1. The highest BCUT2D eigenvalue weighted by molar-refractivity contribution is 5.71. The molecule has 0 amide bonds. The Morgan fingerprint density at radius 3 is 2.15 bits per heavy atom. The molecule has 1 aliphatic rings. The molecule has 47 heavy (non-hydrogen) atoms. The summed E-state index contributed by atoms with van der Waals surface area (Å²) in [6.45, 7) is 1.92. The fourth-order valence-electron chi connectivity index (χ4n) is 5.96. The number of fused-ring (bicyclic) bond motifs is 1. The molecule has 1 unspecified atom stereocenters. The standard InChI is InChI=1S/C35H38N6O6/c1-22-30(42)28(47-33(22)41-21-36-29-31(41)38-34(39-32(29)43)37-20-40(2)3)19-46-35(23-9-7-6-8-10-23,24-11-15-26(44-4)16-12-24)25-13-17-27(45-5)18-14-25/h6-18,20-22,28,30,33,42H,19H2,1-5H3,(H,38,39,43)/t22-,28+,30?,33+/m0/s1. The molecule has 12 nitrogen and oxygen atoms in total. The van der Waals surface area contributed by atoms with Gasteiger partial charge in [-0.25, -0.2) is 9.98 Å². The Morgan fingerprint density at radius 1 is 0.979 bits per heavy atom. The van der Waals surface area contributed by atoms with Crippen molar-refractivity contribution >= 4 is 23.5 Å². The predicted molar refractivity (Wildman–Crippen MR) is 177 cm³/mol. The van der Waals surface area contributed by atoms with Crippen LogP contribution in [0.2, 0.25) is 0 Å². The minimum atomic E-state index is -1.08. The van der Waals surface area contributed by atoms with Crippen molar-refractivity contribution < 1.29 is 24.1 Å². The van der Waals surface area contributed by atoms with E-state index >= 15 is 0 Å². The number of aliphatic hydroxyl groups excluding tert-OH is 1. The molecule has 0 bridgehead atoms. The maximum absolute atomic E-state index is 12.8. The molecule has 3 aromatic carbocycles. The fourth-order valence-corrected chi connectivity index (χ4v) is 5.96. The van der Waals surface area contributed by atoms with E-state index in [-0.39, 0.29) is 24.0 Å². The summed E-state index contributed by atoms with van der Waals surface area (Å²) in [7, 11) is 6.89. The van der Waals surface area contributed by atoms with Crippen molar-refractivity contribution in [1.82, 2.24) is 24.4 Å². The zero-order valence-corrected chi connectivity index (χ0v) is 26.9. The van der Waals surface area contributed by atoms with Gasteiger partial charge in [-0.15, -0.1) is 0 Å². The lowest BCUT2D eigenvalue weighted by molar-refractivity contribution is -0.0934. The molecule has 1 saturated heterocycles. The van der Waals surface area contributed by atoms with Gasteiger partial charge >= 0.3 is 0 Å². The van der Waals surface area contributed by atoms with Crippen molar-refractivity contribution in [2.45, 2.75) is 31.0 Å². The monoisotopic (exact) mass is 638 g/mol. The maximum atomic E-state index is 12.8.